The molecule has 0 heterocycles. The van der Waals surface area contributed by atoms with E-state index in [2.05, 4.69) is 5.32 Å². The normalized spacial score (nSPS) is 32.6. The Balaban J connectivity index is 1.77. The van der Waals surface area contributed by atoms with Crippen LogP contribution >= 0.6 is 0 Å². The molecule has 0 radical (unpaired) electrons. The number of carbonyl (C=O) groups excluding carboxylic acids is 1. The summed E-state index contributed by atoms with van der Waals surface area (Å²) in [6.07, 6.45) is 3.31. The van der Waals surface area contributed by atoms with E-state index < -0.39 is 0 Å². The molecule has 2 fully saturated rings. The van der Waals surface area contributed by atoms with Crippen molar-refractivity contribution in [2.24, 2.45) is 23.5 Å². The lowest BCUT2D eigenvalue weighted by Crippen LogP contribution is -2.42. The molecule has 2 aliphatic rings. The van der Waals surface area contributed by atoms with Gasteiger partial charge in [-0.1, -0.05) is 6.07 Å². The van der Waals surface area contributed by atoms with E-state index in [9.17, 15) is 9.18 Å². The SMILES string of the molecule is Cc1c(F)cccc1NC(=O)C1C2CCC(C2)C1N. The van der Waals surface area contributed by atoms with Gasteiger partial charge in [-0.25, -0.2) is 4.39 Å². The van der Waals surface area contributed by atoms with E-state index in [1.807, 2.05) is 0 Å². The summed E-state index contributed by atoms with van der Waals surface area (Å²) >= 11 is 0. The second kappa shape index (κ2) is 4.60. The summed E-state index contributed by atoms with van der Waals surface area (Å²) in [5.41, 5.74) is 7.19. The van der Waals surface area contributed by atoms with Crippen molar-refractivity contribution in [1.29, 1.82) is 0 Å². The largest absolute Gasteiger partial charge is 0.327 e. The van der Waals surface area contributed by atoms with Gasteiger partial charge in [-0.15, -0.1) is 0 Å². The van der Waals surface area contributed by atoms with Crippen LogP contribution in [0.5, 0.6) is 0 Å². The Kier molecular flexibility index (Phi) is 3.05. The zero-order chi connectivity index (χ0) is 13.6. The Morgan fingerprint density at radius 2 is 2.11 bits per heavy atom. The van der Waals surface area contributed by atoms with Crippen molar-refractivity contribution in [1.82, 2.24) is 0 Å². The molecule has 2 aliphatic carbocycles. The number of rotatable bonds is 2. The number of carbonyl (C=O) groups is 1. The Morgan fingerprint density at radius 1 is 1.37 bits per heavy atom. The smallest absolute Gasteiger partial charge is 0.229 e. The minimum Gasteiger partial charge on any atom is -0.327 e. The molecule has 4 atom stereocenters. The van der Waals surface area contributed by atoms with Crippen LogP contribution in [0.3, 0.4) is 0 Å². The van der Waals surface area contributed by atoms with Gasteiger partial charge in [0.25, 0.3) is 0 Å². The Labute approximate surface area is 112 Å². The molecule has 0 aromatic heterocycles. The first-order valence-corrected chi connectivity index (χ1v) is 6.89. The summed E-state index contributed by atoms with van der Waals surface area (Å²) in [6.45, 7) is 1.67. The summed E-state index contributed by atoms with van der Waals surface area (Å²) < 4.78 is 13.5. The molecular formula is C15H19FN2O. The number of nitrogens with two attached hydrogens (primary N) is 1. The number of benzene rings is 1. The topological polar surface area (TPSA) is 55.1 Å². The molecule has 0 saturated heterocycles. The van der Waals surface area contributed by atoms with E-state index in [0.717, 1.165) is 19.3 Å². The van der Waals surface area contributed by atoms with Crippen LogP contribution in [0.1, 0.15) is 24.8 Å². The number of fused-ring (bicyclic) bond motifs is 2. The summed E-state index contributed by atoms with van der Waals surface area (Å²) in [5.74, 6) is 0.452. The van der Waals surface area contributed by atoms with E-state index in [1.54, 1.807) is 19.1 Å². The maximum Gasteiger partial charge on any atom is 0.229 e. The van der Waals surface area contributed by atoms with Crippen LogP contribution in [0.2, 0.25) is 0 Å². The first kappa shape index (κ1) is 12.6. The van der Waals surface area contributed by atoms with Gasteiger partial charge in [0.1, 0.15) is 5.82 Å². The fourth-order valence-electron chi connectivity index (χ4n) is 3.68. The summed E-state index contributed by atoms with van der Waals surface area (Å²) in [6, 6.07) is 4.70. The molecule has 2 saturated carbocycles. The standard InChI is InChI=1S/C15H19FN2O/c1-8-11(16)3-2-4-12(8)18-15(19)13-9-5-6-10(7-9)14(13)17/h2-4,9-10,13-14H,5-7,17H2,1H3,(H,18,19). The molecule has 2 bridgehead atoms. The minimum absolute atomic E-state index is 0.0346. The average Bonchev–Trinajstić information content (AvgIpc) is 2.95. The lowest BCUT2D eigenvalue weighted by Gasteiger charge is -2.27. The van der Waals surface area contributed by atoms with Gasteiger partial charge in [0, 0.05) is 17.3 Å². The van der Waals surface area contributed by atoms with Crippen LogP contribution in [0, 0.1) is 30.5 Å². The third kappa shape index (κ3) is 2.04. The molecule has 3 N–H and O–H groups in total. The van der Waals surface area contributed by atoms with Gasteiger partial charge in [0.2, 0.25) is 5.91 Å². The molecule has 0 spiro atoms. The number of nitrogens with one attached hydrogen (secondary N) is 1. The predicted octanol–water partition coefficient (Wildman–Crippen LogP) is 2.45. The van der Waals surface area contributed by atoms with Gasteiger partial charge in [0.15, 0.2) is 0 Å². The van der Waals surface area contributed by atoms with Crippen molar-refractivity contribution < 1.29 is 9.18 Å². The molecule has 1 amide bonds. The lowest BCUT2D eigenvalue weighted by atomic mass is 9.84. The minimum atomic E-state index is -0.296. The first-order chi connectivity index (χ1) is 9.08. The van der Waals surface area contributed by atoms with E-state index in [1.165, 1.54) is 6.07 Å². The van der Waals surface area contributed by atoms with Crippen LogP contribution in [0.25, 0.3) is 0 Å². The molecule has 1 aromatic carbocycles. The molecule has 102 valence electrons. The van der Waals surface area contributed by atoms with E-state index in [0.29, 0.717) is 23.1 Å². The Morgan fingerprint density at radius 3 is 2.79 bits per heavy atom. The van der Waals surface area contributed by atoms with Gasteiger partial charge in [0.05, 0.1) is 5.92 Å². The Bertz CT molecular complexity index is 515. The van der Waals surface area contributed by atoms with E-state index in [-0.39, 0.29) is 23.7 Å². The number of hydrogen-bond donors (Lipinski definition) is 2. The van der Waals surface area contributed by atoms with Crippen LogP contribution in [-0.4, -0.2) is 11.9 Å². The van der Waals surface area contributed by atoms with Crippen LogP contribution in [-0.2, 0) is 4.79 Å². The van der Waals surface area contributed by atoms with Crippen molar-refractivity contribution in [3.8, 4) is 0 Å². The van der Waals surface area contributed by atoms with Crippen molar-refractivity contribution in [2.45, 2.75) is 32.2 Å². The van der Waals surface area contributed by atoms with Gasteiger partial charge in [-0.05, 0) is 50.2 Å². The van der Waals surface area contributed by atoms with E-state index >= 15 is 0 Å². The van der Waals surface area contributed by atoms with Crippen molar-refractivity contribution in [3.05, 3.63) is 29.6 Å². The van der Waals surface area contributed by atoms with Gasteiger partial charge >= 0.3 is 0 Å². The average molecular weight is 262 g/mol. The van der Waals surface area contributed by atoms with Crippen LogP contribution < -0.4 is 11.1 Å². The number of anilines is 1. The molecule has 19 heavy (non-hydrogen) atoms. The third-order valence-corrected chi connectivity index (χ3v) is 4.81. The predicted molar refractivity (Wildman–Crippen MR) is 72.1 cm³/mol. The highest BCUT2D eigenvalue weighted by Crippen LogP contribution is 2.47. The van der Waals surface area contributed by atoms with Crippen molar-refractivity contribution in [3.63, 3.8) is 0 Å². The molecular weight excluding hydrogens is 243 g/mol. The van der Waals surface area contributed by atoms with Crippen molar-refractivity contribution in [2.75, 3.05) is 5.32 Å². The highest BCUT2D eigenvalue weighted by Gasteiger charge is 2.49. The number of hydrogen-bond acceptors (Lipinski definition) is 2. The highest BCUT2D eigenvalue weighted by atomic mass is 19.1. The maximum atomic E-state index is 13.5. The third-order valence-electron chi connectivity index (χ3n) is 4.81. The Hall–Kier alpha value is -1.42. The molecule has 1 aromatic rings. The summed E-state index contributed by atoms with van der Waals surface area (Å²) in [7, 11) is 0. The molecule has 0 aliphatic heterocycles. The summed E-state index contributed by atoms with van der Waals surface area (Å²) in [4.78, 5) is 12.4. The monoisotopic (exact) mass is 262 g/mol. The van der Waals surface area contributed by atoms with Gasteiger partial charge < -0.3 is 11.1 Å². The highest BCUT2D eigenvalue weighted by molar-refractivity contribution is 5.94. The molecule has 4 heteroatoms. The number of halogens is 1. The van der Waals surface area contributed by atoms with Crippen LogP contribution in [0.4, 0.5) is 10.1 Å². The summed E-state index contributed by atoms with van der Waals surface area (Å²) in [5, 5.41) is 2.85. The molecule has 4 unspecified atom stereocenters. The fraction of sp³-hybridized carbons (Fsp3) is 0.533. The second-order valence-corrected chi connectivity index (χ2v) is 5.84. The quantitative estimate of drug-likeness (QED) is 0.860. The van der Waals surface area contributed by atoms with E-state index in [4.69, 9.17) is 5.73 Å². The van der Waals surface area contributed by atoms with Gasteiger partial charge in [-0.2, -0.15) is 0 Å². The fourth-order valence-corrected chi connectivity index (χ4v) is 3.68. The molecule has 3 nitrogen and oxygen atoms in total. The zero-order valence-electron chi connectivity index (χ0n) is 11.0. The number of amides is 1. The van der Waals surface area contributed by atoms with Crippen molar-refractivity contribution >= 4 is 11.6 Å². The van der Waals surface area contributed by atoms with Crippen LogP contribution in [0.15, 0.2) is 18.2 Å². The molecule has 3 rings (SSSR count). The second-order valence-electron chi connectivity index (χ2n) is 5.84. The maximum absolute atomic E-state index is 13.5. The lowest BCUT2D eigenvalue weighted by molar-refractivity contribution is -0.121. The van der Waals surface area contributed by atoms with Gasteiger partial charge in [-0.3, -0.25) is 4.79 Å². The first-order valence-electron chi connectivity index (χ1n) is 6.89. The zero-order valence-corrected chi connectivity index (χ0v) is 11.0.